The summed E-state index contributed by atoms with van der Waals surface area (Å²) in [5.74, 6) is 6.29. The van der Waals surface area contributed by atoms with Crippen LogP contribution in [0.5, 0.6) is 0 Å². The zero-order valence-electron chi connectivity index (χ0n) is 11.0. The molecule has 0 fully saturated rings. The minimum absolute atomic E-state index is 0.516. The van der Waals surface area contributed by atoms with Crippen LogP contribution < -0.4 is 5.32 Å². The molecule has 1 rings (SSSR count). The van der Waals surface area contributed by atoms with Crippen LogP contribution in [0.25, 0.3) is 0 Å². The summed E-state index contributed by atoms with van der Waals surface area (Å²) in [4.78, 5) is 2.20. The Labute approximate surface area is 105 Å². The maximum Gasteiger partial charge on any atom is 0.0582 e. The third kappa shape index (κ3) is 6.78. The molecule has 0 bridgehead atoms. The molecule has 17 heavy (non-hydrogen) atoms. The van der Waals surface area contributed by atoms with Gasteiger partial charge in [-0.25, -0.2) is 0 Å². The minimum Gasteiger partial charge on any atom is -0.309 e. The summed E-state index contributed by atoms with van der Waals surface area (Å²) < 4.78 is 0. The highest BCUT2D eigenvalue weighted by Crippen LogP contribution is 1.94. The van der Waals surface area contributed by atoms with Crippen LogP contribution in [0.15, 0.2) is 30.3 Å². The molecule has 0 aromatic heterocycles. The monoisotopic (exact) mass is 230 g/mol. The molecular formula is C15H22N2. The van der Waals surface area contributed by atoms with Gasteiger partial charge in [0.1, 0.15) is 0 Å². The van der Waals surface area contributed by atoms with Crippen LogP contribution in [0.4, 0.5) is 0 Å². The van der Waals surface area contributed by atoms with Crippen molar-refractivity contribution in [3.05, 3.63) is 35.9 Å². The van der Waals surface area contributed by atoms with Crippen molar-refractivity contribution >= 4 is 0 Å². The van der Waals surface area contributed by atoms with Gasteiger partial charge in [-0.3, -0.25) is 0 Å². The molecule has 2 heteroatoms. The summed E-state index contributed by atoms with van der Waals surface area (Å²) in [6, 6.07) is 10.6. The zero-order valence-corrected chi connectivity index (χ0v) is 11.0. The highest BCUT2D eigenvalue weighted by Gasteiger charge is 1.99. The zero-order chi connectivity index (χ0) is 12.5. The van der Waals surface area contributed by atoms with Crippen molar-refractivity contribution in [1.82, 2.24) is 10.2 Å². The lowest BCUT2D eigenvalue weighted by atomic mass is 10.2. The Bertz CT molecular complexity index is 360. The maximum absolute atomic E-state index is 3.41. The van der Waals surface area contributed by atoms with Crippen molar-refractivity contribution in [3.8, 4) is 11.8 Å². The largest absolute Gasteiger partial charge is 0.309 e. The predicted molar refractivity (Wildman–Crippen MR) is 74.0 cm³/mol. The van der Waals surface area contributed by atoms with Gasteiger partial charge in [-0.15, -0.1) is 0 Å². The average Bonchev–Trinajstić information content (AvgIpc) is 2.33. The Kier molecular flexibility index (Phi) is 6.39. The van der Waals surface area contributed by atoms with E-state index in [0.29, 0.717) is 6.04 Å². The second-order valence-corrected chi connectivity index (χ2v) is 4.54. The van der Waals surface area contributed by atoms with Gasteiger partial charge in [0.05, 0.1) is 6.54 Å². The standard InChI is InChI=1S/C15H22N2/c1-14(11-13-17(2)3)16-12-7-10-15-8-5-4-6-9-15/h4-6,8-9,14,16H,11-13H2,1-3H3. The van der Waals surface area contributed by atoms with Crippen molar-refractivity contribution in [2.45, 2.75) is 19.4 Å². The number of hydrogen-bond acceptors (Lipinski definition) is 2. The number of nitrogens with zero attached hydrogens (tertiary/aromatic N) is 1. The molecule has 1 unspecified atom stereocenters. The molecule has 0 heterocycles. The Morgan fingerprint density at radius 3 is 2.59 bits per heavy atom. The molecule has 1 aromatic rings. The molecule has 1 atom stereocenters. The lowest BCUT2D eigenvalue weighted by molar-refractivity contribution is 0.370. The van der Waals surface area contributed by atoms with E-state index in [2.05, 4.69) is 43.1 Å². The minimum atomic E-state index is 0.516. The lowest BCUT2D eigenvalue weighted by Crippen LogP contribution is -2.30. The molecule has 2 nitrogen and oxygen atoms in total. The lowest BCUT2D eigenvalue weighted by Gasteiger charge is -2.15. The summed E-state index contributed by atoms with van der Waals surface area (Å²) in [5.41, 5.74) is 1.08. The van der Waals surface area contributed by atoms with E-state index in [9.17, 15) is 0 Å². The third-order valence-corrected chi connectivity index (χ3v) is 2.55. The van der Waals surface area contributed by atoms with Crippen LogP contribution in [-0.2, 0) is 0 Å². The van der Waals surface area contributed by atoms with E-state index in [1.165, 1.54) is 0 Å². The summed E-state index contributed by atoms with van der Waals surface area (Å²) in [6.07, 6.45) is 1.15. The Morgan fingerprint density at radius 2 is 1.94 bits per heavy atom. The van der Waals surface area contributed by atoms with Gasteiger partial charge in [0.2, 0.25) is 0 Å². The fraction of sp³-hybridized carbons (Fsp3) is 0.467. The van der Waals surface area contributed by atoms with Gasteiger partial charge in [-0.05, 0) is 46.1 Å². The Hall–Kier alpha value is -1.30. The first-order chi connectivity index (χ1) is 8.18. The topological polar surface area (TPSA) is 15.3 Å². The molecule has 1 aromatic carbocycles. The average molecular weight is 230 g/mol. The van der Waals surface area contributed by atoms with Crippen LogP contribution in [0.1, 0.15) is 18.9 Å². The van der Waals surface area contributed by atoms with Crippen molar-refractivity contribution in [1.29, 1.82) is 0 Å². The van der Waals surface area contributed by atoms with E-state index in [4.69, 9.17) is 0 Å². The van der Waals surface area contributed by atoms with Gasteiger partial charge >= 0.3 is 0 Å². The molecule has 0 aliphatic rings. The van der Waals surface area contributed by atoms with Gasteiger partial charge < -0.3 is 10.2 Å². The highest BCUT2D eigenvalue weighted by molar-refractivity contribution is 5.33. The van der Waals surface area contributed by atoms with Gasteiger partial charge in [0.15, 0.2) is 0 Å². The van der Waals surface area contributed by atoms with Gasteiger partial charge in [-0.1, -0.05) is 30.0 Å². The number of rotatable bonds is 5. The number of hydrogen-bond donors (Lipinski definition) is 1. The summed E-state index contributed by atoms with van der Waals surface area (Å²) in [7, 11) is 4.20. The molecule has 0 saturated heterocycles. The Balaban J connectivity index is 2.22. The second-order valence-electron chi connectivity index (χ2n) is 4.54. The van der Waals surface area contributed by atoms with E-state index < -0.39 is 0 Å². The first-order valence-corrected chi connectivity index (χ1v) is 6.10. The molecule has 92 valence electrons. The third-order valence-electron chi connectivity index (χ3n) is 2.55. The molecule has 0 aliphatic heterocycles. The molecule has 0 saturated carbocycles. The highest BCUT2D eigenvalue weighted by atomic mass is 15.1. The fourth-order valence-electron chi connectivity index (χ4n) is 1.45. The molecule has 0 radical (unpaired) electrons. The quantitative estimate of drug-likeness (QED) is 0.778. The molecule has 0 amide bonds. The van der Waals surface area contributed by atoms with Crippen molar-refractivity contribution < 1.29 is 0 Å². The van der Waals surface area contributed by atoms with Crippen LogP contribution >= 0.6 is 0 Å². The van der Waals surface area contributed by atoms with Gasteiger partial charge in [-0.2, -0.15) is 0 Å². The summed E-state index contributed by atoms with van der Waals surface area (Å²) in [5, 5.41) is 3.41. The SMILES string of the molecule is CC(CCN(C)C)NCC#Cc1ccccc1. The van der Waals surface area contributed by atoms with Crippen molar-refractivity contribution in [2.24, 2.45) is 0 Å². The van der Waals surface area contributed by atoms with Gasteiger partial charge in [0.25, 0.3) is 0 Å². The first kappa shape index (κ1) is 13.8. The number of nitrogens with one attached hydrogen (secondary N) is 1. The number of benzene rings is 1. The van der Waals surface area contributed by atoms with Gasteiger partial charge in [0, 0.05) is 11.6 Å². The van der Waals surface area contributed by atoms with Crippen LogP contribution in [0, 0.1) is 11.8 Å². The fourth-order valence-corrected chi connectivity index (χ4v) is 1.45. The predicted octanol–water partition coefficient (Wildman–Crippen LogP) is 1.97. The summed E-state index contributed by atoms with van der Waals surface area (Å²) >= 11 is 0. The molecule has 0 aliphatic carbocycles. The Morgan fingerprint density at radius 1 is 1.24 bits per heavy atom. The van der Waals surface area contributed by atoms with E-state index in [1.807, 2.05) is 30.3 Å². The van der Waals surface area contributed by atoms with Crippen molar-refractivity contribution in [2.75, 3.05) is 27.2 Å². The van der Waals surface area contributed by atoms with E-state index >= 15 is 0 Å². The first-order valence-electron chi connectivity index (χ1n) is 6.10. The molecular weight excluding hydrogens is 208 g/mol. The van der Waals surface area contributed by atoms with Crippen LogP contribution in [0.2, 0.25) is 0 Å². The van der Waals surface area contributed by atoms with Crippen LogP contribution in [-0.4, -0.2) is 38.1 Å². The van der Waals surface area contributed by atoms with Crippen molar-refractivity contribution in [3.63, 3.8) is 0 Å². The van der Waals surface area contributed by atoms with Crippen LogP contribution in [0.3, 0.4) is 0 Å². The molecule has 1 N–H and O–H groups in total. The second kappa shape index (κ2) is 7.89. The maximum atomic E-state index is 3.41. The normalized spacial score (nSPS) is 12.0. The summed E-state index contributed by atoms with van der Waals surface area (Å²) in [6.45, 7) is 4.07. The smallest absolute Gasteiger partial charge is 0.0582 e. The van der Waals surface area contributed by atoms with E-state index in [1.54, 1.807) is 0 Å². The van der Waals surface area contributed by atoms with E-state index in [0.717, 1.165) is 25.1 Å². The molecule has 0 spiro atoms. The van der Waals surface area contributed by atoms with E-state index in [-0.39, 0.29) is 0 Å².